The number of hydrogen-bond donors (Lipinski definition) is 2. The Kier molecular flexibility index (Phi) is 6.54. The minimum Gasteiger partial charge on any atom is -0.496 e. The average Bonchev–Trinajstić information content (AvgIpc) is 2.57. The molecular formula is C15H17BrN4O2S. The van der Waals surface area contributed by atoms with Crippen LogP contribution in [0.2, 0.25) is 0 Å². The fourth-order valence-electron chi connectivity index (χ4n) is 2.03. The van der Waals surface area contributed by atoms with Crippen molar-refractivity contribution in [2.24, 2.45) is 0 Å². The molecule has 0 saturated heterocycles. The van der Waals surface area contributed by atoms with Gasteiger partial charge in [0, 0.05) is 12.1 Å². The highest BCUT2D eigenvalue weighted by atomic mass is 79.9. The Morgan fingerprint density at radius 3 is 2.52 bits per heavy atom. The predicted octanol–water partition coefficient (Wildman–Crippen LogP) is 2.79. The third-order valence-electron chi connectivity index (χ3n) is 3.09. The monoisotopic (exact) mass is 396 g/mol. The first kappa shape index (κ1) is 17.4. The molecule has 0 aliphatic carbocycles. The quantitative estimate of drug-likeness (QED) is 0.727. The van der Waals surface area contributed by atoms with Crippen molar-refractivity contribution in [1.82, 2.24) is 15.5 Å². The van der Waals surface area contributed by atoms with E-state index in [1.165, 1.54) is 0 Å². The van der Waals surface area contributed by atoms with Gasteiger partial charge in [-0.15, -0.1) is 5.10 Å². The van der Waals surface area contributed by atoms with Crippen LogP contribution in [-0.4, -0.2) is 36.1 Å². The number of nitrogens with zero attached hydrogens (tertiary/aromatic N) is 2. The van der Waals surface area contributed by atoms with E-state index in [9.17, 15) is 0 Å². The molecule has 2 N–H and O–H groups in total. The van der Waals surface area contributed by atoms with Gasteiger partial charge in [0.05, 0.1) is 24.9 Å². The van der Waals surface area contributed by atoms with Gasteiger partial charge in [0.15, 0.2) is 10.9 Å². The summed E-state index contributed by atoms with van der Waals surface area (Å²) in [5.41, 5.74) is 0.994. The lowest BCUT2D eigenvalue weighted by molar-refractivity contribution is 0.385. The molecule has 0 radical (unpaired) electrons. The molecule has 6 nitrogen and oxygen atoms in total. The second kappa shape index (κ2) is 8.64. The van der Waals surface area contributed by atoms with Gasteiger partial charge in [-0.2, -0.15) is 5.10 Å². The summed E-state index contributed by atoms with van der Waals surface area (Å²) in [6.45, 7) is 0.625. The SMILES string of the molecule is COc1cccc(OC)c1CCNC(=S)Nc1nnccc1Br. The Bertz CT molecular complexity index is 662. The summed E-state index contributed by atoms with van der Waals surface area (Å²) in [4.78, 5) is 0. The molecule has 0 amide bonds. The van der Waals surface area contributed by atoms with Crippen molar-refractivity contribution in [3.8, 4) is 11.5 Å². The molecule has 23 heavy (non-hydrogen) atoms. The lowest BCUT2D eigenvalue weighted by Gasteiger charge is -2.14. The van der Waals surface area contributed by atoms with Gasteiger partial charge in [-0.05, 0) is 52.8 Å². The molecule has 0 aliphatic rings. The Balaban J connectivity index is 1.92. The number of hydrogen-bond acceptors (Lipinski definition) is 5. The molecule has 0 atom stereocenters. The number of methoxy groups -OCH3 is 2. The van der Waals surface area contributed by atoms with E-state index in [-0.39, 0.29) is 0 Å². The van der Waals surface area contributed by atoms with Crippen molar-refractivity contribution >= 4 is 39.1 Å². The highest BCUT2D eigenvalue weighted by Crippen LogP contribution is 2.28. The van der Waals surface area contributed by atoms with Crippen LogP contribution in [0.15, 0.2) is 34.9 Å². The molecule has 2 rings (SSSR count). The molecule has 122 valence electrons. The van der Waals surface area contributed by atoms with Crippen LogP contribution in [0.4, 0.5) is 5.82 Å². The van der Waals surface area contributed by atoms with Crippen LogP contribution in [0.5, 0.6) is 11.5 Å². The molecule has 0 saturated carbocycles. The minimum atomic E-state index is 0.472. The van der Waals surface area contributed by atoms with Crippen LogP contribution >= 0.6 is 28.1 Å². The Labute approximate surface area is 148 Å². The highest BCUT2D eigenvalue weighted by Gasteiger charge is 2.10. The fraction of sp³-hybridized carbons (Fsp3) is 0.267. The van der Waals surface area contributed by atoms with Gasteiger partial charge in [0.1, 0.15) is 11.5 Å². The van der Waals surface area contributed by atoms with Crippen molar-refractivity contribution in [2.75, 3.05) is 26.1 Å². The topological polar surface area (TPSA) is 68.3 Å². The van der Waals surface area contributed by atoms with Gasteiger partial charge in [-0.3, -0.25) is 0 Å². The number of thiocarbonyl (C=S) groups is 1. The molecule has 8 heteroatoms. The lowest BCUT2D eigenvalue weighted by atomic mass is 10.1. The van der Waals surface area contributed by atoms with Crippen molar-refractivity contribution in [3.63, 3.8) is 0 Å². The lowest BCUT2D eigenvalue weighted by Crippen LogP contribution is -2.30. The number of ether oxygens (including phenoxy) is 2. The molecule has 1 aromatic heterocycles. The van der Waals surface area contributed by atoms with Crippen LogP contribution in [0.1, 0.15) is 5.56 Å². The summed E-state index contributed by atoms with van der Waals surface area (Å²) in [6.07, 6.45) is 2.30. The number of benzene rings is 1. The number of aromatic nitrogens is 2. The summed E-state index contributed by atoms with van der Waals surface area (Å²) in [7, 11) is 3.28. The third-order valence-corrected chi connectivity index (χ3v) is 3.98. The maximum atomic E-state index is 5.38. The van der Waals surface area contributed by atoms with Crippen LogP contribution in [0.25, 0.3) is 0 Å². The summed E-state index contributed by atoms with van der Waals surface area (Å²) in [5, 5.41) is 14.4. The summed E-state index contributed by atoms with van der Waals surface area (Å²) in [5.74, 6) is 2.16. The largest absolute Gasteiger partial charge is 0.496 e. The maximum absolute atomic E-state index is 5.38. The van der Waals surface area contributed by atoms with E-state index in [4.69, 9.17) is 21.7 Å². The molecular weight excluding hydrogens is 380 g/mol. The van der Waals surface area contributed by atoms with Crippen molar-refractivity contribution in [2.45, 2.75) is 6.42 Å². The second-order valence-electron chi connectivity index (χ2n) is 4.50. The molecule has 1 heterocycles. The van der Waals surface area contributed by atoms with Crippen molar-refractivity contribution in [1.29, 1.82) is 0 Å². The van der Waals surface area contributed by atoms with Crippen molar-refractivity contribution < 1.29 is 9.47 Å². The molecule has 0 bridgehead atoms. The van der Waals surface area contributed by atoms with Gasteiger partial charge >= 0.3 is 0 Å². The Hall–Kier alpha value is -1.93. The van der Waals surface area contributed by atoms with E-state index in [2.05, 4.69) is 36.8 Å². The first-order valence-electron chi connectivity index (χ1n) is 6.87. The first-order valence-corrected chi connectivity index (χ1v) is 8.07. The average molecular weight is 397 g/mol. The molecule has 2 aromatic rings. The van der Waals surface area contributed by atoms with Crippen molar-refractivity contribution in [3.05, 3.63) is 40.5 Å². The van der Waals surface area contributed by atoms with E-state index in [1.54, 1.807) is 26.5 Å². The molecule has 1 aromatic carbocycles. The maximum Gasteiger partial charge on any atom is 0.172 e. The minimum absolute atomic E-state index is 0.472. The van der Waals surface area contributed by atoms with Crippen LogP contribution < -0.4 is 20.1 Å². The van der Waals surface area contributed by atoms with Gasteiger partial charge in [-0.25, -0.2) is 0 Å². The zero-order valence-electron chi connectivity index (χ0n) is 12.8. The van der Waals surface area contributed by atoms with E-state index in [1.807, 2.05) is 18.2 Å². The summed E-state index contributed by atoms with van der Waals surface area (Å²) in [6, 6.07) is 7.50. The van der Waals surface area contributed by atoms with E-state index >= 15 is 0 Å². The summed E-state index contributed by atoms with van der Waals surface area (Å²) < 4.78 is 11.5. The third kappa shape index (κ3) is 4.77. The normalized spacial score (nSPS) is 10.0. The number of rotatable bonds is 6. The first-order chi connectivity index (χ1) is 11.2. The Morgan fingerprint density at radius 2 is 1.91 bits per heavy atom. The number of halogens is 1. The molecule has 0 spiro atoms. The number of nitrogens with one attached hydrogen (secondary N) is 2. The Morgan fingerprint density at radius 1 is 1.22 bits per heavy atom. The molecule has 0 aliphatic heterocycles. The second-order valence-corrected chi connectivity index (χ2v) is 5.76. The van der Waals surface area contributed by atoms with Crippen LogP contribution in [0, 0.1) is 0 Å². The predicted molar refractivity (Wildman–Crippen MR) is 97.2 cm³/mol. The van der Waals surface area contributed by atoms with Gasteiger partial charge in [0.2, 0.25) is 0 Å². The van der Waals surface area contributed by atoms with Crippen LogP contribution in [-0.2, 0) is 6.42 Å². The highest BCUT2D eigenvalue weighted by molar-refractivity contribution is 9.10. The van der Waals surface area contributed by atoms with Gasteiger partial charge in [-0.1, -0.05) is 6.07 Å². The smallest absolute Gasteiger partial charge is 0.172 e. The molecule has 0 unspecified atom stereocenters. The fourth-order valence-corrected chi connectivity index (χ4v) is 2.52. The zero-order chi connectivity index (χ0) is 16.7. The van der Waals surface area contributed by atoms with Gasteiger partial charge in [0.25, 0.3) is 0 Å². The zero-order valence-corrected chi connectivity index (χ0v) is 15.2. The standard InChI is InChI=1S/C15H17BrN4O2S/c1-21-12-4-3-5-13(22-2)10(12)6-8-17-15(23)19-14-11(16)7-9-18-20-14/h3-5,7,9H,6,8H2,1-2H3,(H2,17,19,20,23). The number of anilines is 1. The van der Waals surface area contributed by atoms with Gasteiger partial charge < -0.3 is 20.1 Å². The van der Waals surface area contributed by atoms with E-state index in [0.29, 0.717) is 23.9 Å². The van der Waals surface area contributed by atoms with E-state index in [0.717, 1.165) is 21.5 Å². The summed E-state index contributed by atoms with van der Waals surface area (Å²) >= 11 is 8.64. The van der Waals surface area contributed by atoms with Crippen LogP contribution in [0.3, 0.4) is 0 Å². The molecule has 0 fully saturated rings. The van der Waals surface area contributed by atoms with E-state index < -0.39 is 0 Å².